The van der Waals surface area contributed by atoms with Crippen molar-refractivity contribution in [2.24, 2.45) is 0 Å². The smallest absolute Gasteiger partial charge is 0.220 e. The minimum Gasteiger partial charge on any atom is -0.394 e. The Labute approximate surface area is 493 Å². The molecule has 2 aliphatic heterocycles. The van der Waals surface area contributed by atoms with Gasteiger partial charge < -0.3 is 65.1 Å². The van der Waals surface area contributed by atoms with Crippen molar-refractivity contribution in [2.75, 3.05) is 19.8 Å². The highest BCUT2D eigenvalue weighted by molar-refractivity contribution is 5.76. The molecule has 0 saturated carbocycles. The Morgan fingerprint density at radius 3 is 1.25 bits per heavy atom. The Morgan fingerprint density at radius 1 is 0.444 bits per heavy atom. The molecule has 0 aromatic rings. The number of carbonyl (C=O) groups excluding carboxylic acids is 1. The van der Waals surface area contributed by atoms with Crippen LogP contribution >= 0.6 is 0 Å². The summed E-state index contributed by atoms with van der Waals surface area (Å²) in [6.45, 7) is 2.71. The van der Waals surface area contributed by atoms with Crippen LogP contribution in [0.5, 0.6) is 0 Å². The van der Waals surface area contributed by atoms with Crippen LogP contribution < -0.4 is 5.32 Å². The van der Waals surface area contributed by atoms with E-state index in [4.69, 9.17) is 18.9 Å². The van der Waals surface area contributed by atoms with E-state index in [0.29, 0.717) is 6.42 Å². The monoisotopic (exact) mass is 1150 g/mol. The van der Waals surface area contributed by atoms with E-state index in [9.17, 15) is 45.6 Å². The number of hydrogen-bond donors (Lipinski definition) is 9. The number of rotatable bonds is 55. The molecule has 12 atom stereocenters. The summed E-state index contributed by atoms with van der Waals surface area (Å²) in [4.78, 5) is 13.2. The first-order chi connectivity index (χ1) is 39.6. The molecule has 1 amide bonds. The molecule has 12 unspecified atom stereocenters. The molecular weight excluding hydrogens is 1030 g/mol. The normalized spacial score (nSPS) is 24.3. The molecule has 14 nitrogen and oxygen atoms in total. The summed E-state index contributed by atoms with van der Waals surface area (Å²) < 4.78 is 22.7. The van der Waals surface area contributed by atoms with Crippen molar-refractivity contribution in [1.29, 1.82) is 0 Å². The van der Waals surface area contributed by atoms with Gasteiger partial charge in [0.2, 0.25) is 5.91 Å². The van der Waals surface area contributed by atoms with Crippen LogP contribution in [0.15, 0.2) is 36.5 Å². The summed E-state index contributed by atoms with van der Waals surface area (Å²) in [7, 11) is 0. The van der Waals surface area contributed by atoms with E-state index >= 15 is 0 Å². The van der Waals surface area contributed by atoms with Crippen molar-refractivity contribution in [3.8, 4) is 0 Å². The van der Waals surface area contributed by atoms with Crippen molar-refractivity contribution >= 4 is 5.91 Å². The number of unbranched alkanes of at least 4 members (excludes halogenated alkanes) is 38. The number of nitrogens with one attached hydrogen (secondary N) is 1. The first kappa shape index (κ1) is 75.3. The van der Waals surface area contributed by atoms with Crippen molar-refractivity contribution in [1.82, 2.24) is 5.32 Å². The van der Waals surface area contributed by atoms with Gasteiger partial charge in [-0.05, 0) is 51.4 Å². The van der Waals surface area contributed by atoms with E-state index in [-0.39, 0.29) is 18.9 Å². The van der Waals surface area contributed by atoms with Gasteiger partial charge in [0.05, 0.1) is 32.0 Å². The zero-order chi connectivity index (χ0) is 58.8. The van der Waals surface area contributed by atoms with E-state index in [0.717, 1.165) is 57.8 Å². The van der Waals surface area contributed by atoms with Crippen LogP contribution in [0.3, 0.4) is 0 Å². The predicted molar refractivity (Wildman–Crippen MR) is 328 cm³/mol. The molecule has 0 aromatic carbocycles. The van der Waals surface area contributed by atoms with Gasteiger partial charge >= 0.3 is 0 Å². The highest BCUT2D eigenvalue weighted by Crippen LogP contribution is 2.30. The van der Waals surface area contributed by atoms with Gasteiger partial charge in [-0.1, -0.05) is 269 Å². The first-order valence-electron chi connectivity index (χ1n) is 33.7. The number of allylic oxidation sites excluding steroid dienone is 5. The molecule has 2 aliphatic rings. The Bertz CT molecular complexity index is 1500. The maximum atomic E-state index is 13.2. The number of aliphatic hydroxyl groups excluding tert-OH is 8. The molecule has 0 aliphatic carbocycles. The predicted octanol–water partition coefficient (Wildman–Crippen LogP) is 13.0. The van der Waals surface area contributed by atoms with Crippen LogP contribution in [0.4, 0.5) is 0 Å². The summed E-state index contributed by atoms with van der Waals surface area (Å²) in [5.74, 6) is -0.240. The lowest BCUT2D eigenvalue weighted by Crippen LogP contribution is -2.65. The SMILES string of the molecule is CCCCCC/C=C/C(O)C(COC1OC(CO)C(OC2OC(CO)C(O)C(O)C2O)C(O)C1O)NC(=O)CCCCCCCCCCCCCCCCCCCCCCCCCCCCCCC/C=C\C/C=C\CCCCCCC. The van der Waals surface area contributed by atoms with Crippen LogP contribution in [0, 0.1) is 0 Å². The second kappa shape index (κ2) is 52.5. The molecule has 2 rings (SSSR count). The lowest BCUT2D eigenvalue weighted by atomic mass is 9.97. The third-order valence-electron chi connectivity index (χ3n) is 16.6. The van der Waals surface area contributed by atoms with Crippen molar-refractivity contribution in [2.45, 2.75) is 364 Å². The van der Waals surface area contributed by atoms with Crippen LogP contribution in [0.2, 0.25) is 0 Å². The highest BCUT2D eigenvalue weighted by Gasteiger charge is 2.51. The van der Waals surface area contributed by atoms with Gasteiger partial charge in [0.25, 0.3) is 0 Å². The van der Waals surface area contributed by atoms with Crippen molar-refractivity contribution < 1.29 is 64.6 Å². The lowest BCUT2D eigenvalue weighted by molar-refractivity contribution is -0.359. The van der Waals surface area contributed by atoms with Crippen LogP contribution in [0.1, 0.15) is 290 Å². The molecule has 9 N–H and O–H groups in total. The summed E-state index contributed by atoms with van der Waals surface area (Å²) in [6, 6.07) is -0.908. The maximum absolute atomic E-state index is 13.2. The van der Waals surface area contributed by atoms with Gasteiger partial charge in [-0.25, -0.2) is 0 Å². The van der Waals surface area contributed by atoms with Crippen LogP contribution in [0.25, 0.3) is 0 Å². The molecule has 2 fully saturated rings. The molecule has 0 radical (unpaired) electrons. The van der Waals surface area contributed by atoms with Gasteiger partial charge in [-0.2, -0.15) is 0 Å². The highest BCUT2D eigenvalue weighted by atomic mass is 16.7. The molecule has 0 aromatic heterocycles. The Hall–Kier alpha value is -1.79. The van der Waals surface area contributed by atoms with Crippen molar-refractivity contribution in [3.05, 3.63) is 36.5 Å². The Balaban J connectivity index is 1.45. The van der Waals surface area contributed by atoms with Gasteiger partial charge in [0.1, 0.15) is 48.8 Å². The zero-order valence-corrected chi connectivity index (χ0v) is 51.5. The van der Waals surface area contributed by atoms with Gasteiger partial charge in [0, 0.05) is 6.42 Å². The Morgan fingerprint density at radius 2 is 0.815 bits per heavy atom. The average molecular weight is 1150 g/mol. The number of aliphatic hydroxyl groups is 8. The summed E-state index contributed by atoms with van der Waals surface area (Å²) in [5, 5.41) is 86.6. The molecule has 14 heteroatoms. The largest absolute Gasteiger partial charge is 0.394 e. The van der Waals surface area contributed by atoms with Crippen molar-refractivity contribution in [3.63, 3.8) is 0 Å². The van der Waals surface area contributed by atoms with E-state index in [2.05, 4.69) is 43.5 Å². The number of hydrogen-bond acceptors (Lipinski definition) is 13. The second-order valence-electron chi connectivity index (χ2n) is 24.0. The quantitative estimate of drug-likeness (QED) is 0.0204. The summed E-state index contributed by atoms with van der Waals surface area (Å²) in [6.07, 6.45) is 50.2. The molecule has 0 spiro atoms. The fraction of sp³-hybridized carbons (Fsp3) is 0.896. The van der Waals surface area contributed by atoms with Crippen LogP contribution in [-0.4, -0.2) is 140 Å². The van der Waals surface area contributed by atoms with Gasteiger partial charge in [0.15, 0.2) is 12.6 Å². The van der Waals surface area contributed by atoms with E-state index < -0.39 is 86.8 Å². The van der Waals surface area contributed by atoms with Gasteiger partial charge in [-0.15, -0.1) is 0 Å². The minimum absolute atomic E-state index is 0.240. The maximum Gasteiger partial charge on any atom is 0.220 e. The third kappa shape index (κ3) is 37.4. The first-order valence-corrected chi connectivity index (χ1v) is 33.7. The molecule has 2 saturated heterocycles. The Kier molecular flexibility index (Phi) is 48.8. The molecular formula is C67H125NO13. The number of amides is 1. The van der Waals surface area contributed by atoms with E-state index in [1.54, 1.807) is 6.08 Å². The topological polar surface area (TPSA) is 228 Å². The molecule has 476 valence electrons. The fourth-order valence-corrected chi connectivity index (χ4v) is 11.1. The molecule has 0 bridgehead atoms. The molecule has 81 heavy (non-hydrogen) atoms. The van der Waals surface area contributed by atoms with Crippen LogP contribution in [-0.2, 0) is 23.7 Å². The standard InChI is InChI=1S/C67H125NO13/c1-3-5-7-9-11-12-13-14-15-16-17-18-19-20-21-22-23-24-25-26-27-28-29-30-31-32-33-34-35-36-37-38-39-40-41-42-43-44-45-47-49-51-59(72)68-55(56(71)50-48-46-10-8-6-4-2)54-78-66-64(77)62(75)65(58(53-70)80-66)81-67-63(76)61(74)60(73)57(52-69)79-67/h13-14,16-17,48,50,55-58,60-67,69-71,73-77H,3-12,15,18-47,49,51-54H2,1-2H3,(H,68,72)/b14-13-,17-16-,50-48+. The average Bonchev–Trinajstić information content (AvgIpc) is 3.47. The summed E-state index contributed by atoms with van der Waals surface area (Å²) in [5.41, 5.74) is 0. The fourth-order valence-electron chi connectivity index (χ4n) is 11.1. The van der Waals surface area contributed by atoms with E-state index in [1.165, 1.54) is 205 Å². The van der Waals surface area contributed by atoms with Gasteiger partial charge in [-0.3, -0.25) is 4.79 Å². The summed E-state index contributed by atoms with van der Waals surface area (Å²) >= 11 is 0. The number of carbonyl (C=O) groups is 1. The third-order valence-corrected chi connectivity index (χ3v) is 16.6. The second-order valence-corrected chi connectivity index (χ2v) is 24.0. The lowest BCUT2D eigenvalue weighted by Gasteiger charge is -2.46. The number of ether oxygens (including phenoxy) is 4. The molecule has 2 heterocycles. The van der Waals surface area contributed by atoms with E-state index in [1.807, 2.05) is 6.08 Å². The zero-order valence-electron chi connectivity index (χ0n) is 51.5. The minimum atomic E-state index is -1.79.